The van der Waals surface area contributed by atoms with Gasteiger partial charge in [-0.2, -0.15) is 4.98 Å². The lowest BCUT2D eigenvalue weighted by molar-refractivity contribution is -0.119. The molecule has 0 saturated carbocycles. The fourth-order valence-corrected chi connectivity index (χ4v) is 2.99. The lowest BCUT2D eigenvalue weighted by Gasteiger charge is -2.14. The number of amides is 1. The lowest BCUT2D eigenvalue weighted by Crippen LogP contribution is -2.28. The Hall–Kier alpha value is -2.32. The van der Waals surface area contributed by atoms with Gasteiger partial charge in [-0.25, -0.2) is 0 Å². The zero-order chi connectivity index (χ0) is 18.9. The summed E-state index contributed by atoms with van der Waals surface area (Å²) < 4.78 is 5.18. The maximum atomic E-state index is 12.1. The third kappa shape index (κ3) is 5.89. The van der Waals surface area contributed by atoms with E-state index >= 15 is 0 Å². The summed E-state index contributed by atoms with van der Waals surface area (Å²) in [5.74, 6) is -0.430. The van der Waals surface area contributed by atoms with Gasteiger partial charge in [0, 0.05) is 13.0 Å². The van der Waals surface area contributed by atoms with Gasteiger partial charge in [0.2, 0.25) is 11.8 Å². The first-order valence-electron chi connectivity index (χ1n) is 8.38. The largest absolute Gasteiger partial charge is 0.493 e. The van der Waals surface area contributed by atoms with E-state index in [4.69, 9.17) is 4.74 Å². The number of nitrogens with zero attached hydrogens (tertiary/aromatic N) is 1. The van der Waals surface area contributed by atoms with Crippen LogP contribution in [0.4, 0.5) is 0 Å². The van der Waals surface area contributed by atoms with Crippen molar-refractivity contribution >= 4 is 17.7 Å². The van der Waals surface area contributed by atoms with Gasteiger partial charge < -0.3 is 20.1 Å². The van der Waals surface area contributed by atoms with Crippen LogP contribution in [0.2, 0.25) is 0 Å². The third-order valence-electron chi connectivity index (χ3n) is 3.69. The van der Waals surface area contributed by atoms with Crippen molar-refractivity contribution in [1.29, 1.82) is 0 Å². The number of aromatic amines is 1. The summed E-state index contributed by atoms with van der Waals surface area (Å²) in [5.41, 5.74) is 0.774. The van der Waals surface area contributed by atoms with Gasteiger partial charge in [-0.15, -0.1) is 0 Å². The normalized spacial score (nSPS) is 11.9. The maximum absolute atomic E-state index is 12.1. The SMILES string of the molecule is CCOCCc1c(O)nc(SCC(=O)N[C@@H](C)c2ccccc2)[nH]c1=O. The van der Waals surface area contributed by atoms with E-state index in [2.05, 4.69) is 15.3 Å². The van der Waals surface area contributed by atoms with E-state index in [1.54, 1.807) is 0 Å². The van der Waals surface area contributed by atoms with E-state index in [1.807, 2.05) is 44.2 Å². The van der Waals surface area contributed by atoms with Crippen molar-refractivity contribution in [2.45, 2.75) is 31.5 Å². The fraction of sp³-hybridized carbons (Fsp3) is 0.389. The van der Waals surface area contributed by atoms with Crippen LogP contribution in [0.3, 0.4) is 0 Å². The Labute approximate surface area is 156 Å². The molecule has 8 heteroatoms. The molecule has 1 aromatic heterocycles. The van der Waals surface area contributed by atoms with Gasteiger partial charge >= 0.3 is 0 Å². The predicted octanol–water partition coefficient (Wildman–Crippen LogP) is 2.02. The minimum atomic E-state index is -0.419. The topological polar surface area (TPSA) is 104 Å². The molecule has 0 unspecified atom stereocenters. The smallest absolute Gasteiger partial charge is 0.258 e. The van der Waals surface area contributed by atoms with Gasteiger partial charge in [-0.05, 0) is 19.4 Å². The summed E-state index contributed by atoms with van der Waals surface area (Å²) in [7, 11) is 0. The van der Waals surface area contributed by atoms with Crippen molar-refractivity contribution in [1.82, 2.24) is 15.3 Å². The molecule has 0 bridgehead atoms. The number of ether oxygens (including phenoxy) is 1. The molecule has 1 atom stereocenters. The Balaban J connectivity index is 1.90. The van der Waals surface area contributed by atoms with Crippen molar-refractivity contribution in [3.63, 3.8) is 0 Å². The second-order valence-corrected chi connectivity index (χ2v) is 6.57. The third-order valence-corrected chi connectivity index (χ3v) is 4.56. The molecule has 0 aliphatic rings. The van der Waals surface area contributed by atoms with E-state index in [-0.39, 0.29) is 40.7 Å². The molecule has 26 heavy (non-hydrogen) atoms. The van der Waals surface area contributed by atoms with Gasteiger partial charge in [0.05, 0.1) is 24.0 Å². The molecule has 0 aliphatic heterocycles. The number of aromatic hydroxyl groups is 1. The van der Waals surface area contributed by atoms with Crippen molar-refractivity contribution in [2.75, 3.05) is 19.0 Å². The van der Waals surface area contributed by atoms with Gasteiger partial charge in [0.15, 0.2) is 5.16 Å². The molecule has 2 aromatic rings. The van der Waals surface area contributed by atoms with Crippen LogP contribution in [0, 0.1) is 0 Å². The number of nitrogens with one attached hydrogen (secondary N) is 2. The second kappa shape index (κ2) is 9.98. The van der Waals surface area contributed by atoms with Crippen molar-refractivity contribution < 1.29 is 14.6 Å². The average molecular weight is 377 g/mol. The van der Waals surface area contributed by atoms with E-state index in [0.717, 1.165) is 17.3 Å². The first kappa shape index (κ1) is 20.0. The first-order chi connectivity index (χ1) is 12.5. The molecule has 3 N–H and O–H groups in total. The van der Waals surface area contributed by atoms with Crippen molar-refractivity contribution in [3.05, 3.63) is 51.8 Å². The summed E-state index contributed by atoms with van der Waals surface area (Å²) in [5, 5.41) is 13.0. The monoisotopic (exact) mass is 377 g/mol. The number of aromatic nitrogens is 2. The molecule has 1 amide bonds. The highest BCUT2D eigenvalue weighted by molar-refractivity contribution is 7.99. The highest BCUT2D eigenvalue weighted by Gasteiger charge is 2.13. The van der Waals surface area contributed by atoms with Crippen molar-refractivity contribution in [3.8, 4) is 5.88 Å². The molecule has 1 heterocycles. The number of hydrogen-bond acceptors (Lipinski definition) is 6. The minimum Gasteiger partial charge on any atom is -0.493 e. The highest BCUT2D eigenvalue weighted by Crippen LogP contribution is 2.17. The van der Waals surface area contributed by atoms with Gasteiger partial charge in [-0.3, -0.25) is 9.59 Å². The molecular weight excluding hydrogens is 354 g/mol. The Kier molecular flexibility index (Phi) is 7.68. The van der Waals surface area contributed by atoms with Crippen LogP contribution < -0.4 is 10.9 Å². The number of hydrogen-bond donors (Lipinski definition) is 3. The summed E-state index contributed by atoms with van der Waals surface area (Å²) in [6, 6.07) is 9.51. The molecule has 0 fully saturated rings. The molecule has 2 rings (SSSR count). The Morgan fingerprint density at radius 1 is 1.38 bits per heavy atom. The zero-order valence-corrected chi connectivity index (χ0v) is 15.6. The summed E-state index contributed by atoms with van der Waals surface area (Å²) in [4.78, 5) is 30.7. The highest BCUT2D eigenvalue weighted by atomic mass is 32.2. The molecule has 0 saturated heterocycles. The molecule has 7 nitrogen and oxygen atoms in total. The quantitative estimate of drug-likeness (QED) is 0.351. The number of rotatable bonds is 9. The molecule has 0 radical (unpaired) electrons. The van der Waals surface area contributed by atoms with E-state index in [0.29, 0.717) is 13.2 Å². The van der Waals surface area contributed by atoms with E-state index in [9.17, 15) is 14.7 Å². The Morgan fingerprint density at radius 2 is 2.12 bits per heavy atom. The van der Waals surface area contributed by atoms with Crippen LogP contribution in [0.25, 0.3) is 0 Å². The average Bonchev–Trinajstić information content (AvgIpc) is 2.63. The van der Waals surface area contributed by atoms with E-state index < -0.39 is 5.56 Å². The second-order valence-electron chi connectivity index (χ2n) is 5.61. The van der Waals surface area contributed by atoms with Crippen LogP contribution in [0.1, 0.15) is 31.0 Å². The standard InChI is InChI=1S/C18H23N3O4S/c1-3-25-10-9-14-16(23)20-18(21-17(14)24)26-11-15(22)19-12(2)13-7-5-4-6-8-13/h4-8,12H,3,9-11H2,1-2H3,(H,19,22)(H2,20,21,23,24)/t12-/m0/s1. The first-order valence-corrected chi connectivity index (χ1v) is 9.36. The van der Waals surface area contributed by atoms with Gasteiger partial charge in [0.25, 0.3) is 5.56 Å². The number of thioether (sulfide) groups is 1. The van der Waals surface area contributed by atoms with Crippen LogP contribution >= 0.6 is 11.8 Å². The zero-order valence-electron chi connectivity index (χ0n) is 14.8. The molecule has 140 valence electrons. The molecule has 0 spiro atoms. The van der Waals surface area contributed by atoms with Gasteiger partial charge in [0.1, 0.15) is 0 Å². The molecule has 0 aliphatic carbocycles. The van der Waals surface area contributed by atoms with Gasteiger partial charge in [-0.1, -0.05) is 42.1 Å². The molecular formula is C18H23N3O4S. The minimum absolute atomic E-state index is 0.0812. The number of H-pyrrole nitrogens is 1. The Morgan fingerprint density at radius 3 is 2.77 bits per heavy atom. The number of carbonyl (C=O) groups is 1. The maximum Gasteiger partial charge on any atom is 0.258 e. The summed E-state index contributed by atoms with van der Waals surface area (Å²) in [6.07, 6.45) is 0.280. The summed E-state index contributed by atoms with van der Waals surface area (Å²) >= 11 is 1.06. The lowest BCUT2D eigenvalue weighted by atomic mass is 10.1. The fourth-order valence-electron chi connectivity index (χ4n) is 2.32. The van der Waals surface area contributed by atoms with Crippen LogP contribution in [0.5, 0.6) is 5.88 Å². The molecule has 1 aromatic carbocycles. The van der Waals surface area contributed by atoms with Crippen LogP contribution in [-0.4, -0.2) is 39.9 Å². The number of carbonyl (C=O) groups excluding carboxylic acids is 1. The van der Waals surface area contributed by atoms with E-state index in [1.165, 1.54) is 0 Å². The number of benzene rings is 1. The Bertz CT molecular complexity index is 780. The van der Waals surface area contributed by atoms with Crippen molar-refractivity contribution in [2.24, 2.45) is 0 Å². The summed E-state index contributed by atoms with van der Waals surface area (Å²) in [6.45, 7) is 4.63. The predicted molar refractivity (Wildman–Crippen MR) is 100 cm³/mol. The van der Waals surface area contributed by atoms with Crippen LogP contribution in [-0.2, 0) is 16.0 Å². The van der Waals surface area contributed by atoms with Crippen LogP contribution in [0.15, 0.2) is 40.3 Å².